The summed E-state index contributed by atoms with van der Waals surface area (Å²) >= 11 is 0. The van der Waals surface area contributed by atoms with Gasteiger partial charge in [-0.15, -0.1) is 0 Å². The maximum Gasteiger partial charge on any atom is 0.274 e. The second-order valence-electron chi connectivity index (χ2n) is 8.85. The SMILES string of the molecule is CCN1CCN(C(=O)[C@@H](Cc2ccccc2)NC(=O)c2cc(-c3ccc(C)c(C)c3)on2)CC1. The van der Waals surface area contributed by atoms with Gasteiger partial charge in [0.2, 0.25) is 5.91 Å². The zero-order chi connectivity index (χ0) is 24.1. The first-order valence-electron chi connectivity index (χ1n) is 11.8. The highest BCUT2D eigenvalue weighted by Crippen LogP contribution is 2.23. The van der Waals surface area contributed by atoms with E-state index in [4.69, 9.17) is 4.52 Å². The number of likely N-dealkylation sites (N-methyl/N-ethyl adjacent to an activating group) is 1. The lowest BCUT2D eigenvalue weighted by Crippen LogP contribution is -2.55. The quantitative estimate of drug-likeness (QED) is 0.584. The topological polar surface area (TPSA) is 78.7 Å². The number of amides is 2. The first-order chi connectivity index (χ1) is 16.4. The van der Waals surface area contributed by atoms with Crippen LogP contribution in [0.1, 0.15) is 34.1 Å². The standard InChI is InChI=1S/C27H32N4O3/c1-4-30-12-14-31(15-13-30)27(33)24(17-21-8-6-5-7-9-21)28-26(32)23-18-25(34-29-23)22-11-10-19(2)20(3)16-22/h5-11,16,18,24H,4,12-15,17H2,1-3H3,(H,28,32)/t24-/m1/s1. The summed E-state index contributed by atoms with van der Waals surface area (Å²) in [5.74, 6) is 0.0426. The van der Waals surface area contributed by atoms with E-state index in [2.05, 4.69) is 22.3 Å². The van der Waals surface area contributed by atoms with Crippen LogP contribution in [0.5, 0.6) is 0 Å². The van der Waals surface area contributed by atoms with Crippen molar-refractivity contribution in [3.05, 3.63) is 77.0 Å². The lowest BCUT2D eigenvalue weighted by molar-refractivity contribution is -0.135. The molecule has 2 amide bonds. The van der Waals surface area contributed by atoms with Gasteiger partial charge in [0.15, 0.2) is 11.5 Å². The highest BCUT2D eigenvalue weighted by atomic mass is 16.5. The third-order valence-corrected chi connectivity index (χ3v) is 6.55. The number of benzene rings is 2. The number of hydrogen-bond donors (Lipinski definition) is 1. The van der Waals surface area contributed by atoms with E-state index >= 15 is 0 Å². The highest BCUT2D eigenvalue weighted by molar-refractivity contribution is 5.96. The molecular formula is C27H32N4O3. The van der Waals surface area contributed by atoms with Crippen LogP contribution in [0.25, 0.3) is 11.3 Å². The molecule has 2 heterocycles. The Kier molecular flexibility index (Phi) is 7.43. The first-order valence-corrected chi connectivity index (χ1v) is 11.8. The van der Waals surface area contributed by atoms with Crippen molar-refractivity contribution >= 4 is 11.8 Å². The van der Waals surface area contributed by atoms with Gasteiger partial charge in [0.25, 0.3) is 5.91 Å². The molecule has 1 saturated heterocycles. The van der Waals surface area contributed by atoms with Gasteiger partial charge in [0.05, 0.1) is 0 Å². The van der Waals surface area contributed by atoms with Crippen LogP contribution in [0.3, 0.4) is 0 Å². The molecule has 1 fully saturated rings. The lowest BCUT2D eigenvalue weighted by Gasteiger charge is -2.36. The van der Waals surface area contributed by atoms with Gasteiger partial charge in [-0.3, -0.25) is 9.59 Å². The Labute approximate surface area is 200 Å². The fraction of sp³-hybridized carbons (Fsp3) is 0.370. The minimum absolute atomic E-state index is 0.0640. The number of hydrogen-bond acceptors (Lipinski definition) is 5. The lowest BCUT2D eigenvalue weighted by atomic mass is 10.0. The minimum Gasteiger partial charge on any atom is -0.355 e. The molecule has 0 unspecified atom stereocenters. The third-order valence-electron chi connectivity index (χ3n) is 6.55. The van der Waals surface area contributed by atoms with Gasteiger partial charge in [-0.2, -0.15) is 0 Å². The maximum atomic E-state index is 13.4. The number of aryl methyl sites for hydroxylation is 2. The molecule has 3 aromatic rings. The van der Waals surface area contributed by atoms with Crippen LogP contribution in [0.2, 0.25) is 0 Å². The summed E-state index contributed by atoms with van der Waals surface area (Å²) in [5, 5.41) is 6.90. The Morgan fingerprint density at radius 3 is 2.41 bits per heavy atom. The molecule has 1 atom stereocenters. The van der Waals surface area contributed by atoms with E-state index in [9.17, 15) is 9.59 Å². The first kappa shape index (κ1) is 23.7. The van der Waals surface area contributed by atoms with E-state index in [1.165, 1.54) is 5.56 Å². The predicted molar refractivity (Wildman–Crippen MR) is 132 cm³/mol. The van der Waals surface area contributed by atoms with Crippen LogP contribution in [0, 0.1) is 13.8 Å². The summed E-state index contributed by atoms with van der Waals surface area (Å²) in [5.41, 5.74) is 4.33. The molecule has 1 aromatic heterocycles. The summed E-state index contributed by atoms with van der Waals surface area (Å²) in [6.07, 6.45) is 0.418. The van der Waals surface area contributed by atoms with Crippen molar-refractivity contribution in [3.63, 3.8) is 0 Å². The molecule has 1 aliphatic rings. The largest absolute Gasteiger partial charge is 0.355 e. The van der Waals surface area contributed by atoms with Gasteiger partial charge >= 0.3 is 0 Å². The fourth-order valence-electron chi connectivity index (χ4n) is 4.20. The van der Waals surface area contributed by atoms with E-state index in [0.717, 1.165) is 36.3 Å². The minimum atomic E-state index is -0.676. The van der Waals surface area contributed by atoms with Gasteiger partial charge in [-0.25, -0.2) is 0 Å². The summed E-state index contributed by atoms with van der Waals surface area (Å²) in [4.78, 5) is 30.7. The van der Waals surface area contributed by atoms with Gasteiger partial charge in [-0.05, 0) is 43.1 Å². The van der Waals surface area contributed by atoms with Crippen molar-refractivity contribution in [3.8, 4) is 11.3 Å². The zero-order valence-corrected chi connectivity index (χ0v) is 20.1. The molecule has 2 aromatic carbocycles. The van der Waals surface area contributed by atoms with Gasteiger partial charge in [0.1, 0.15) is 6.04 Å². The van der Waals surface area contributed by atoms with Crippen LogP contribution in [-0.2, 0) is 11.2 Å². The summed E-state index contributed by atoms with van der Waals surface area (Å²) in [6.45, 7) is 10.2. The molecule has 0 saturated carbocycles. The smallest absolute Gasteiger partial charge is 0.274 e. The molecule has 0 aliphatic carbocycles. The Hall–Kier alpha value is -3.45. The molecule has 34 heavy (non-hydrogen) atoms. The van der Waals surface area contributed by atoms with E-state index < -0.39 is 11.9 Å². The van der Waals surface area contributed by atoms with Crippen molar-refractivity contribution in [1.29, 1.82) is 0 Å². The van der Waals surface area contributed by atoms with Gasteiger partial charge in [0, 0.05) is 44.2 Å². The van der Waals surface area contributed by atoms with E-state index in [0.29, 0.717) is 25.3 Å². The predicted octanol–water partition coefficient (Wildman–Crippen LogP) is 3.46. The zero-order valence-electron chi connectivity index (χ0n) is 20.1. The second-order valence-corrected chi connectivity index (χ2v) is 8.85. The molecular weight excluding hydrogens is 428 g/mol. The van der Waals surface area contributed by atoms with E-state index in [1.807, 2.05) is 67.3 Å². The molecule has 0 radical (unpaired) electrons. The van der Waals surface area contributed by atoms with Gasteiger partial charge in [-0.1, -0.05) is 54.5 Å². The number of rotatable bonds is 7. The van der Waals surface area contributed by atoms with Crippen molar-refractivity contribution in [2.24, 2.45) is 0 Å². The molecule has 0 spiro atoms. The number of carbonyl (C=O) groups is 2. The maximum absolute atomic E-state index is 13.4. The van der Waals surface area contributed by atoms with Crippen LogP contribution in [0.15, 0.2) is 59.1 Å². The molecule has 0 bridgehead atoms. The van der Waals surface area contributed by atoms with E-state index in [-0.39, 0.29) is 11.6 Å². The number of nitrogens with zero attached hydrogens (tertiary/aromatic N) is 3. The van der Waals surface area contributed by atoms with Crippen LogP contribution in [0.4, 0.5) is 0 Å². The van der Waals surface area contributed by atoms with Crippen molar-refractivity contribution in [2.45, 2.75) is 33.2 Å². The number of carbonyl (C=O) groups excluding carboxylic acids is 2. The molecule has 7 nitrogen and oxygen atoms in total. The number of nitrogens with one attached hydrogen (secondary N) is 1. The number of piperazine rings is 1. The molecule has 1 N–H and O–H groups in total. The average molecular weight is 461 g/mol. The fourth-order valence-corrected chi connectivity index (χ4v) is 4.20. The van der Waals surface area contributed by atoms with E-state index in [1.54, 1.807) is 6.07 Å². The highest BCUT2D eigenvalue weighted by Gasteiger charge is 2.29. The summed E-state index contributed by atoms with van der Waals surface area (Å²) in [7, 11) is 0. The second kappa shape index (κ2) is 10.7. The van der Waals surface area contributed by atoms with Gasteiger partial charge < -0.3 is 19.6 Å². The molecule has 4 rings (SSSR count). The number of aromatic nitrogens is 1. The Balaban J connectivity index is 1.50. The van der Waals surface area contributed by atoms with Crippen molar-refractivity contribution in [1.82, 2.24) is 20.3 Å². The molecule has 7 heteroatoms. The average Bonchev–Trinajstić information content (AvgIpc) is 3.36. The van der Waals surface area contributed by atoms with Crippen molar-refractivity contribution in [2.75, 3.05) is 32.7 Å². The normalized spacial score (nSPS) is 15.2. The van der Waals surface area contributed by atoms with Crippen LogP contribution < -0.4 is 5.32 Å². The monoisotopic (exact) mass is 460 g/mol. The Bertz CT molecular complexity index is 1130. The van der Waals surface area contributed by atoms with Crippen molar-refractivity contribution < 1.29 is 14.1 Å². The summed E-state index contributed by atoms with van der Waals surface area (Å²) in [6, 6.07) is 16.7. The Morgan fingerprint density at radius 1 is 1.00 bits per heavy atom. The van der Waals surface area contributed by atoms with Crippen LogP contribution >= 0.6 is 0 Å². The molecule has 178 valence electrons. The Morgan fingerprint density at radius 2 is 1.74 bits per heavy atom. The van der Waals surface area contributed by atoms with Crippen LogP contribution in [-0.4, -0.2) is 65.5 Å². The molecule has 1 aliphatic heterocycles. The summed E-state index contributed by atoms with van der Waals surface area (Å²) < 4.78 is 5.46. The third kappa shape index (κ3) is 5.54.